The molecule has 1 aliphatic carbocycles. The highest BCUT2D eigenvalue weighted by Gasteiger charge is 2.22. The highest BCUT2D eigenvalue weighted by atomic mass is 35.5. The zero-order valence-electron chi connectivity index (χ0n) is 15.6. The molecule has 1 atom stereocenters. The number of aryl methyl sites for hydroxylation is 1. The van der Waals surface area contributed by atoms with Crippen LogP contribution in [0.1, 0.15) is 43.1 Å². The number of H-pyrrole nitrogens is 1. The summed E-state index contributed by atoms with van der Waals surface area (Å²) in [4.78, 5) is 11.1. The van der Waals surface area contributed by atoms with Crippen molar-refractivity contribution in [2.24, 2.45) is 5.92 Å². The third-order valence-corrected chi connectivity index (χ3v) is 5.87. The van der Waals surface area contributed by atoms with E-state index in [9.17, 15) is 4.79 Å². The van der Waals surface area contributed by atoms with Crippen molar-refractivity contribution in [3.63, 3.8) is 0 Å². The smallest absolute Gasteiger partial charge is 0.158 e. The molecule has 1 N–H and O–H groups in total. The Kier molecular flexibility index (Phi) is 5.17. The van der Waals surface area contributed by atoms with Gasteiger partial charge in [0.15, 0.2) is 5.15 Å². The number of allylic oxidation sites excluding steroid dienone is 1. The molecule has 0 amide bonds. The SMILES string of the molecule is CC(C)C(Oc1ccc2c(c1)CCC(C=O)=C2Cl)c1ccc2[nH]nc(Cl)c2c1. The number of nitrogens with one attached hydrogen (secondary N) is 1. The Balaban J connectivity index is 1.66. The summed E-state index contributed by atoms with van der Waals surface area (Å²) in [5, 5.41) is 8.86. The van der Waals surface area contributed by atoms with Gasteiger partial charge >= 0.3 is 0 Å². The van der Waals surface area contributed by atoms with Gasteiger partial charge in [0.25, 0.3) is 0 Å². The van der Waals surface area contributed by atoms with Gasteiger partial charge in [0.1, 0.15) is 18.1 Å². The highest BCUT2D eigenvalue weighted by molar-refractivity contribution is 6.50. The minimum Gasteiger partial charge on any atom is -0.485 e. The van der Waals surface area contributed by atoms with Gasteiger partial charge in [-0.15, -0.1) is 0 Å². The van der Waals surface area contributed by atoms with Crippen LogP contribution in [0.4, 0.5) is 0 Å². The lowest BCUT2D eigenvalue weighted by Gasteiger charge is -2.25. The largest absolute Gasteiger partial charge is 0.485 e. The molecule has 0 fully saturated rings. The molecule has 1 aliphatic rings. The monoisotopic (exact) mass is 414 g/mol. The van der Waals surface area contributed by atoms with Crippen molar-refractivity contribution >= 4 is 45.4 Å². The molecule has 6 heteroatoms. The van der Waals surface area contributed by atoms with Crippen LogP contribution in [-0.4, -0.2) is 16.5 Å². The third kappa shape index (κ3) is 3.43. The van der Waals surface area contributed by atoms with Crippen molar-refractivity contribution in [3.8, 4) is 5.75 Å². The van der Waals surface area contributed by atoms with Crippen molar-refractivity contribution in [3.05, 3.63) is 63.8 Å². The summed E-state index contributed by atoms with van der Waals surface area (Å²) in [6.45, 7) is 4.25. The number of hydrogen-bond donors (Lipinski definition) is 1. The number of aldehydes is 1. The molecule has 0 spiro atoms. The van der Waals surface area contributed by atoms with E-state index >= 15 is 0 Å². The lowest BCUT2D eigenvalue weighted by atomic mass is 9.92. The molecule has 0 saturated heterocycles. The van der Waals surface area contributed by atoms with E-state index in [4.69, 9.17) is 27.9 Å². The summed E-state index contributed by atoms with van der Waals surface area (Å²) in [5.41, 5.74) is 4.62. The Morgan fingerprint density at radius 1 is 1.14 bits per heavy atom. The van der Waals surface area contributed by atoms with Gasteiger partial charge in [-0.2, -0.15) is 5.10 Å². The number of ether oxygens (including phenoxy) is 1. The zero-order valence-corrected chi connectivity index (χ0v) is 17.1. The summed E-state index contributed by atoms with van der Waals surface area (Å²) in [6.07, 6.45) is 2.15. The fraction of sp³-hybridized carbons (Fsp3) is 0.273. The highest BCUT2D eigenvalue weighted by Crippen LogP contribution is 2.37. The minimum absolute atomic E-state index is 0.131. The number of aromatic nitrogens is 2. The van der Waals surface area contributed by atoms with E-state index in [-0.39, 0.29) is 12.0 Å². The van der Waals surface area contributed by atoms with Gasteiger partial charge in [-0.25, -0.2) is 0 Å². The van der Waals surface area contributed by atoms with Crippen LogP contribution in [0.3, 0.4) is 0 Å². The molecule has 0 saturated carbocycles. The van der Waals surface area contributed by atoms with Gasteiger partial charge in [-0.3, -0.25) is 9.89 Å². The van der Waals surface area contributed by atoms with Gasteiger partial charge < -0.3 is 4.74 Å². The molecule has 4 rings (SSSR count). The van der Waals surface area contributed by atoms with Gasteiger partial charge in [0.2, 0.25) is 0 Å². The summed E-state index contributed by atoms with van der Waals surface area (Å²) in [5.74, 6) is 1.04. The Morgan fingerprint density at radius 2 is 1.96 bits per heavy atom. The number of aromatic amines is 1. The van der Waals surface area contributed by atoms with Crippen LogP contribution < -0.4 is 4.74 Å². The first kappa shape index (κ1) is 19.0. The number of carbonyl (C=O) groups is 1. The summed E-state index contributed by atoms with van der Waals surface area (Å²) >= 11 is 12.5. The van der Waals surface area contributed by atoms with Crippen LogP contribution >= 0.6 is 23.2 Å². The van der Waals surface area contributed by atoms with Gasteiger partial charge in [-0.05, 0) is 65.8 Å². The molecule has 1 aromatic heterocycles. The second-order valence-corrected chi connectivity index (χ2v) is 8.11. The predicted octanol–water partition coefficient (Wildman–Crippen LogP) is 6.09. The van der Waals surface area contributed by atoms with Crippen molar-refractivity contribution in [1.82, 2.24) is 10.2 Å². The molecule has 2 aromatic carbocycles. The van der Waals surface area contributed by atoms with E-state index in [1.807, 2.05) is 36.4 Å². The molecule has 0 bridgehead atoms. The lowest BCUT2D eigenvalue weighted by molar-refractivity contribution is -0.105. The standard InChI is InChI=1S/C22H20Cl2N2O2/c1-12(2)21(14-5-8-19-18(10-14)22(24)26-25-19)28-16-6-7-17-13(9-16)3-4-15(11-27)20(17)23/h5-12,21H,3-4H2,1-2H3,(H,25,26). The number of benzene rings is 2. The number of hydrogen-bond acceptors (Lipinski definition) is 3. The van der Waals surface area contributed by atoms with Crippen molar-refractivity contribution in [2.75, 3.05) is 0 Å². The minimum atomic E-state index is -0.131. The van der Waals surface area contributed by atoms with E-state index in [2.05, 4.69) is 24.0 Å². The van der Waals surface area contributed by atoms with Crippen LogP contribution in [0.2, 0.25) is 5.15 Å². The van der Waals surface area contributed by atoms with Crippen LogP contribution in [0, 0.1) is 5.92 Å². The van der Waals surface area contributed by atoms with Crippen LogP contribution in [-0.2, 0) is 11.2 Å². The maximum atomic E-state index is 11.1. The van der Waals surface area contributed by atoms with E-state index in [1.54, 1.807) is 0 Å². The molecule has 0 aliphatic heterocycles. The Hall–Kier alpha value is -2.30. The lowest BCUT2D eigenvalue weighted by Crippen LogP contribution is -2.14. The molecular weight excluding hydrogens is 395 g/mol. The van der Waals surface area contributed by atoms with Crippen molar-refractivity contribution in [1.29, 1.82) is 0 Å². The number of halogens is 2. The quantitative estimate of drug-likeness (QED) is 0.514. The van der Waals surface area contributed by atoms with Crippen LogP contribution in [0.15, 0.2) is 42.0 Å². The molecule has 3 aromatic rings. The molecule has 28 heavy (non-hydrogen) atoms. The van der Waals surface area contributed by atoms with E-state index in [0.29, 0.717) is 22.2 Å². The first-order valence-corrected chi connectivity index (χ1v) is 10.0. The maximum absolute atomic E-state index is 11.1. The fourth-order valence-corrected chi connectivity index (χ4v) is 4.16. The Morgan fingerprint density at radius 3 is 2.71 bits per heavy atom. The molecular formula is C22H20Cl2N2O2. The first-order chi connectivity index (χ1) is 13.5. The third-order valence-electron chi connectivity index (χ3n) is 5.14. The number of carbonyl (C=O) groups excluding carboxylic acids is 1. The average molecular weight is 415 g/mol. The molecule has 0 radical (unpaired) electrons. The second-order valence-electron chi connectivity index (χ2n) is 7.38. The van der Waals surface area contributed by atoms with Crippen molar-refractivity contribution < 1.29 is 9.53 Å². The van der Waals surface area contributed by atoms with Crippen LogP contribution in [0.25, 0.3) is 15.9 Å². The predicted molar refractivity (Wildman–Crippen MR) is 113 cm³/mol. The molecule has 144 valence electrons. The zero-order chi connectivity index (χ0) is 19.8. The van der Waals surface area contributed by atoms with E-state index < -0.39 is 0 Å². The summed E-state index contributed by atoms with van der Waals surface area (Å²) in [7, 11) is 0. The number of fused-ring (bicyclic) bond motifs is 2. The molecule has 1 unspecified atom stereocenters. The number of nitrogens with zero attached hydrogens (tertiary/aromatic N) is 1. The second kappa shape index (κ2) is 7.61. The molecule has 4 nitrogen and oxygen atoms in total. The maximum Gasteiger partial charge on any atom is 0.158 e. The topological polar surface area (TPSA) is 55.0 Å². The van der Waals surface area contributed by atoms with Gasteiger partial charge in [0, 0.05) is 11.0 Å². The summed E-state index contributed by atoms with van der Waals surface area (Å²) < 4.78 is 6.38. The fourth-order valence-electron chi connectivity index (χ4n) is 3.64. The molecule has 1 heterocycles. The summed E-state index contributed by atoms with van der Waals surface area (Å²) in [6, 6.07) is 11.9. The average Bonchev–Trinajstić information content (AvgIpc) is 3.06. The van der Waals surface area contributed by atoms with Crippen LogP contribution in [0.5, 0.6) is 5.75 Å². The Labute approximate surface area is 173 Å². The van der Waals surface area contributed by atoms with Gasteiger partial charge in [-0.1, -0.05) is 43.1 Å². The number of rotatable bonds is 5. The Bertz CT molecular complexity index is 1090. The normalized spacial score (nSPS) is 15.0. The van der Waals surface area contributed by atoms with Crippen molar-refractivity contribution in [2.45, 2.75) is 32.8 Å². The first-order valence-electron chi connectivity index (χ1n) is 9.25. The van der Waals surface area contributed by atoms with Gasteiger partial charge in [0.05, 0.1) is 10.5 Å². The van der Waals surface area contributed by atoms with E-state index in [0.717, 1.165) is 46.0 Å². The van der Waals surface area contributed by atoms with E-state index in [1.165, 1.54) is 0 Å².